The Hall–Kier alpha value is -0.530. The van der Waals surface area contributed by atoms with E-state index in [0.29, 0.717) is 13.0 Å². The van der Waals surface area contributed by atoms with Gasteiger partial charge in [0.25, 0.3) is 0 Å². The first kappa shape index (κ1) is 26.5. The molecular weight excluding hydrogens is 332 g/mol. The van der Waals surface area contributed by atoms with Crippen molar-refractivity contribution in [2.45, 2.75) is 149 Å². The summed E-state index contributed by atoms with van der Waals surface area (Å²) in [7, 11) is 0. The lowest BCUT2D eigenvalue weighted by atomic mass is 10.0. The van der Waals surface area contributed by atoms with Crippen molar-refractivity contribution in [2.24, 2.45) is 0 Å². The van der Waals surface area contributed by atoms with E-state index in [1.165, 1.54) is 116 Å². The third kappa shape index (κ3) is 23.4. The minimum absolute atomic E-state index is 0.0141. The minimum atomic E-state index is 0.0141. The van der Waals surface area contributed by atoms with Crippen molar-refractivity contribution >= 4 is 5.97 Å². The molecule has 2 heteroatoms. The number of carbonyl (C=O) groups is 1. The van der Waals surface area contributed by atoms with Crippen LogP contribution in [-0.2, 0) is 9.53 Å². The topological polar surface area (TPSA) is 26.3 Å². The smallest absolute Gasteiger partial charge is 0.305 e. The molecule has 0 radical (unpaired) electrons. The number of ether oxygens (including phenoxy) is 1. The highest BCUT2D eigenvalue weighted by Gasteiger charge is 2.02. The maximum absolute atomic E-state index is 11.6. The number of hydrogen-bond donors (Lipinski definition) is 0. The van der Waals surface area contributed by atoms with Gasteiger partial charge in [-0.1, -0.05) is 129 Å². The summed E-state index contributed by atoms with van der Waals surface area (Å²) in [5, 5.41) is 0. The molecule has 0 aromatic carbocycles. The van der Waals surface area contributed by atoms with Gasteiger partial charge in [-0.25, -0.2) is 0 Å². The van der Waals surface area contributed by atoms with E-state index in [4.69, 9.17) is 4.74 Å². The Morgan fingerprint density at radius 3 is 1.22 bits per heavy atom. The lowest BCUT2D eigenvalue weighted by molar-refractivity contribution is -0.143. The van der Waals surface area contributed by atoms with Crippen molar-refractivity contribution < 1.29 is 9.53 Å². The normalized spacial score (nSPS) is 11.0. The van der Waals surface area contributed by atoms with Crippen molar-refractivity contribution in [2.75, 3.05) is 6.61 Å². The Labute approximate surface area is 171 Å². The fourth-order valence-corrected chi connectivity index (χ4v) is 3.60. The maximum atomic E-state index is 11.6. The molecule has 0 aliphatic rings. The van der Waals surface area contributed by atoms with Gasteiger partial charge in [-0.05, 0) is 12.8 Å². The molecule has 27 heavy (non-hydrogen) atoms. The molecule has 2 nitrogen and oxygen atoms in total. The molecule has 0 unspecified atom stereocenters. The summed E-state index contributed by atoms with van der Waals surface area (Å²) < 4.78 is 5.34. The molecule has 0 heterocycles. The van der Waals surface area contributed by atoms with Crippen LogP contribution in [-0.4, -0.2) is 12.6 Å². The van der Waals surface area contributed by atoms with E-state index in [1.54, 1.807) is 0 Å². The van der Waals surface area contributed by atoms with E-state index in [2.05, 4.69) is 13.8 Å². The van der Waals surface area contributed by atoms with E-state index >= 15 is 0 Å². The minimum Gasteiger partial charge on any atom is -0.466 e. The van der Waals surface area contributed by atoms with Gasteiger partial charge in [0, 0.05) is 6.42 Å². The zero-order valence-electron chi connectivity index (χ0n) is 18.9. The molecule has 0 aromatic heterocycles. The number of hydrogen-bond acceptors (Lipinski definition) is 2. The highest BCUT2D eigenvalue weighted by atomic mass is 16.5. The summed E-state index contributed by atoms with van der Waals surface area (Å²) in [5.74, 6) is 0.0141. The standard InChI is InChI=1S/C25H50O2/c1-3-5-7-9-11-12-13-14-15-16-17-18-20-22-24-27-25(26)23-21-19-10-8-6-4-2/h3-24H2,1-2H3. The van der Waals surface area contributed by atoms with Gasteiger partial charge in [-0.3, -0.25) is 4.79 Å². The quantitative estimate of drug-likeness (QED) is 0.138. The Kier molecular flexibility index (Phi) is 23.0. The van der Waals surface area contributed by atoms with E-state index in [9.17, 15) is 4.79 Å². The third-order valence-corrected chi connectivity index (χ3v) is 5.50. The second kappa shape index (κ2) is 23.5. The average molecular weight is 383 g/mol. The molecular formula is C25H50O2. The molecule has 0 saturated carbocycles. The molecule has 0 aliphatic heterocycles. The van der Waals surface area contributed by atoms with Crippen LogP contribution in [0.25, 0.3) is 0 Å². The second-order valence-corrected chi connectivity index (χ2v) is 8.33. The number of esters is 1. The van der Waals surface area contributed by atoms with Crippen molar-refractivity contribution in [3.8, 4) is 0 Å². The predicted octanol–water partition coefficient (Wildman–Crippen LogP) is 8.76. The largest absolute Gasteiger partial charge is 0.466 e. The molecule has 0 fully saturated rings. The maximum Gasteiger partial charge on any atom is 0.305 e. The average Bonchev–Trinajstić information content (AvgIpc) is 2.67. The van der Waals surface area contributed by atoms with E-state index < -0.39 is 0 Å². The van der Waals surface area contributed by atoms with Gasteiger partial charge in [0.15, 0.2) is 0 Å². The van der Waals surface area contributed by atoms with Crippen molar-refractivity contribution in [1.29, 1.82) is 0 Å². The van der Waals surface area contributed by atoms with Gasteiger partial charge in [-0.15, -0.1) is 0 Å². The Morgan fingerprint density at radius 1 is 0.481 bits per heavy atom. The van der Waals surface area contributed by atoms with Crippen molar-refractivity contribution in [3.63, 3.8) is 0 Å². The first-order valence-electron chi connectivity index (χ1n) is 12.5. The lowest BCUT2D eigenvalue weighted by Crippen LogP contribution is -2.05. The summed E-state index contributed by atoms with van der Waals surface area (Å²) in [6.45, 7) is 5.14. The van der Waals surface area contributed by atoms with Crippen LogP contribution >= 0.6 is 0 Å². The molecule has 0 N–H and O–H groups in total. The van der Waals surface area contributed by atoms with Gasteiger partial charge >= 0.3 is 5.97 Å². The number of carbonyl (C=O) groups excluding carboxylic acids is 1. The monoisotopic (exact) mass is 382 g/mol. The van der Waals surface area contributed by atoms with Crippen LogP contribution in [0.3, 0.4) is 0 Å². The highest BCUT2D eigenvalue weighted by molar-refractivity contribution is 5.69. The molecule has 0 atom stereocenters. The van der Waals surface area contributed by atoms with Crippen LogP contribution < -0.4 is 0 Å². The van der Waals surface area contributed by atoms with Crippen LogP contribution in [0.5, 0.6) is 0 Å². The summed E-state index contributed by atoms with van der Waals surface area (Å²) in [5.41, 5.74) is 0. The van der Waals surface area contributed by atoms with Crippen molar-refractivity contribution in [3.05, 3.63) is 0 Å². The van der Waals surface area contributed by atoms with E-state index in [-0.39, 0.29) is 5.97 Å². The van der Waals surface area contributed by atoms with Gasteiger partial charge < -0.3 is 4.74 Å². The zero-order chi connectivity index (χ0) is 19.8. The zero-order valence-corrected chi connectivity index (χ0v) is 18.9. The molecule has 0 aromatic rings. The molecule has 0 saturated heterocycles. The fourth-order valence-electron chi connectivity index (χ4n) is 3.60. The fraction of sp³-hybridized carbons (Fsp3) is 0.960. The van der Waals surface area contributed by atoms with Crippen LogP contribution in [0.2, 0.25) is 0 Å². The first-order valence-corrected chi connectivity index (χ1v) is 12.5. The molecule has 0 rings (SSSR count). The summed E-state index contributed by atoms with van der Waals surface area (Å²) in [6.07, 6.45) is 27.0. The molecule has 0 bridgehead atoms. The Balaban J connectivity index is 3.10. The number of unbranched alkanes of at least 4 members (excludes halogenated alkanes) is 18. The molecule has 0 aliphatic carbocycles. The van der Waals surface area contributed by atoms with Crippen LogP contribution in [0.15, 0.2) is 0 Å². The van der Waals surface area contributed by atoms with E-state index in [1.807, 2.05) is 0 Å². The summed E-state index contributed by atoms with van der Waals surface area (Å²) in [4.78, 5) is 11.6. The van der Waals surface area contributed by atoms with Crippen LogP contribution in [0, 0.1) is 0 Å². The molecule has 162 valence electrons. The molecule has 0 spiro atoms. The second-order valence-electron chi connectivity index (χ2n) is 8.33. The highest BCUT2D eigenvalue weighted by Crippen LogP contribution is 2.13. The van der Waals surface area contributed by atoms with Crippen LogP contribution in [0.1, 0.15) is 149 Å². The first-order chi connectivity index (χ1) is 13.3. The van der Waals surface area contributed by atoms with E-state index in [0.717, 1.165) is 12.8 Å². The Bertz CT molecular complexity index is 288. The van der Waals surface area contributed by atoms with Gasteiger partial charge in [0.05, 0.1) is 6.61 Å². The Morgan fingerprint density at radius 2 is 0.815 bits per heavy atom. The lowest BCUT2D eigenvalue weighted by Gasteiger charge is -2.05. The number of rotatable bonds is 22. The van der Waals surface area contributed by atoms with Gasteiger partial charge in [0.2, 0.25) is 0 Å². The van der Waals surface area contributed by atoms with Crippen LogP contribution in [0.4, 0.5) is 0 Å². The van der Waals surface area contributed by atoms with Gasteiger partial charge in [0.1, 0.15) is 0 Å². The predicted molar refractivity (Wildman–Crippen MR) is 119 cm³/mol. The summed E-state index contributed by atoms with van der Waals surface area (Å²) in [6, 6.07) is 0. The van der Waals surface area contributed by atoms with Gasteiger partial charge in [-0.2, -0.15) is 0 Å². The van der Waals surface area contributed by atoms with Crippen molar-refractivity contribution in [1.82, 2.24) is 0 Å². The third-order valence-electron chi connectivity index (χ3n) is 5.50. The summed E-state index contributed by atoms with van der Waals surface area (Å²) >= 11 is 0. The SMILES string of the molecule is CCCCCCCCCCCCCCCCOC(=O)CCCCCCCC. The molecule has 0 amide bonds.